The van der Waals surface area contributed by atoms with Gasteiger partial charge in [-0.1, -0.05) is 46.3 Å². The molecule has 0 radical (unpaired) electrons. The summed E-state index contributed by atoms with van der Waals surface area (Å²) in [4.78, 5) is 0.163. The summed E-state index contributed by atoms with van der Waals surface area (Å²) in [6, 6.07) is 15.2. The van der Waals surface area contributed by atoms with E-state index in [4.69, 9.17) is 9.47 Å². The van der Waals surface area contributed by atoms with Crippen LogP contribution in [0.1, 0.15) is 5.56 Å². The molecule has 4 nitrogen and oxygen atoms in total. The fraction of sp³-hybridized carbons (Fsp3) is 0.200. The quantitative estimate of drug-likeness (QED) is 0.835. The molecule has 6 heteroatoms. The Morgan fingerprint density at radius 3 is 2.05 bits per heavy atom. The molecule has 0 amide bonds. The highest BCUT2D eigenvalue weighted by molar-refractivity contribution is 9.10. The number of sulfone groups is 1. The van der Waals surface area contributed by atoms with Gasteiger partial charge in [-0.15, -0.1) is 0 Å². The van der Waals surface area contributed by atoms with Crippen LogP contribution in [0.15, 0.2) is 64.0 Å². The summed E-state index contributed by atoms with van der Waals surface area (Å²) in [5.74, 6) is 0. The Kier molecular flexibility index (Phi) is 3.88. The monoisotopic (exact) mass is 368 g/mol. The zero-order valence-electron chi connectivity index (χ0n) is 11.0. The molecular formula is C15H13BrO4S. The normalized spacial score (nSPS) is 17.8. The number of hydrogen-bond donors (Lipinski definition) is 0. The fourth-order valence-electron chi connectivity index (χ4n) is 2.28. The van der Waals surface area contributed by atoms with Crippen molar-refractivity contribution in [3.8, 4) is 0 Å². The first-order chi connectivity index (χ1) is 10.1. The molecule has 1 fully saturated rings. The lowest BCUT2D eigenvalue weighted by molar-refractivity contribution is -0.0903. The van der Waals surface area contributed by atoms with Crippen molar-refractivity contribution < 1.29 is 17.9 Å². The van der Waals surface area contributed by atoms with Crippen LogP contribution >= 0.6 is 15.9 Å². The van der Waals surface area contributed by atoms with Crippen LogP contribution < -0.4 is 0 Å². The summed E-state index contributed by atoms with van der Waals surface area (Å²) in [6.45, 7) is 0.481. The van der Waals surface area contributed by atoms with E-state index in [1.165, 1.54) is 12.1 Å². The average Bonchev–Trinajstić information content (AvgIpc) is 3.00. The number of hydrogen-bond acceptors (Lipinski definition) is 4. The van der Waals surface area contributed by atoms with Gasteiger partial charge in [0.2, 0.25) is 9.84 Å². The van der Waals surface area contributed by atoms with E-state index in [1.807, 2.05) is 6.07 Å². The minimum atomic E-state index is -3.84. The Balaban J connectivity index is 2.15. The van der Waals surface area contributed by atoms with Crippen molar-refractivity contribution >= 4 is 25.8 Å². The van der Waals surface area contributed by atoms with Gasteiger partial charge in [-0.05, 0) is 24.3 Å². The Morgan fingerprint density at radius 2 is 1.48 bits per heavy atom. The van der Waals surface area contributed by atoms with E-state index in [2.05, 4.69) is 15.9 Å². The van der Waals surface area contributed by atoms with Crippen LogP contribution in [-0.4, -0.2) is 21.6 Å². The standard InChI is InChI=1S/C15H13BrO4S/c16-13-6-8-14(9-7-13)21(17,18)15(19-10-11-20-15)12-4-2-1-3-5-12/h1-9H,10-11H2. The molecule has 0 N–H and O–H groups in total. The molecular weight excluding hydrogens is 356 g/mol. The Bertz CT molecular complexity index is 720. The number of ether oxygens (including phenoxy) is 2. The second-order valence-electron chi connectivity index (χ2n) is 4.58. The van der Waals surface area contributed by atoms with Gasteiger partial charge in [-0.25, -0.2) is 8.42 Å². The highest BCUT2D eigenvalue weighted by Gasteiger charge is 2.52. The van der Waals surface area contributed by atoms with E-state index in [0.29, 0.717) is 5.56 Å². The molecule has 3 rings (SSSR count). The van der Waals surface area contributed by atoms with Crippen molar-refractivity contribution in [3.05, 3.63) is 64.6 Å². The first-order valence-corrected chi connectivity index (χ1v) is 8.67. The largest absolute Gasteiger partial charge is 0.331 e. The highest BCUT2D eigenvalue weighted by Crippen LogP contribution is 2.40. The van der Waals surface area contributed by atoms with Gasteiger partial charge in [-0.2, -0.15) is 0 Å². The molecule has 21 heavy (non-hydrogen) atoms. The molecule has 0 aromatic heterocycles. The van der Waals surface area contributed by atoms with E-state index < -0.39 is 15.0 Å². The minimum absolute atomic E-state index is 0.163. The molecule has 0 saturated carbocycles. The van der Waals surface area contributed by atoms with Gasteiger partial charge in [0.05, 0.1) is 18.1 Å². The Morgan fingerprint density at radius 1 is 0.905 bits per heavy atom. The minimum Gasteiger partial charge on any atom is -0.331 e. The lowest BCUT2D eigenvalue weighted by Gasteiger charge is -2.27. The van der Waals surface area contributed by atoms with Gasteiger partial charge >= 0.3 is 5.12 Å². The molecule has 0 aliphatic carbocycles. The first-order valence-electron chi connectivity index (χ1n) is 6.40. The van der Waals surface area contributed by atoms with E-state index >= 15 is 0 Å². The topological polar surface area (TPSA) is 52.6 Å². The maximum absolute atomic E-state index is 13.0. The lowest BCUT2D eigenvalue weighted by atomic mass is 10.2. The molecule has 0 unspecified atom stereocenters. The summed E-state index contributed by atoms with van der Waals surface area (Å²) in [5.41, 5.74) is 0.477. The van der Waals surface area contributed by atoms with E-state index in [-0.39, 0.29) is 18.1 Å². The van der Waals surface area contributed by atoms with E-state index in [0.717, 1.165) is 4.47 Å². The van der Waals surface area contributed by atoms with Crippen LogP contribution in [-0.2, 0) is 24.4 Å². The predicted molar refractivity (Wildman–Crippen MR) is 81.4 cm³/mol. The molecule has 2 aromatic carbocycles. The summed E-state index contributed by atoms with van der Waals surface area (Å²) >= 11 is 3.30. The van der Waals surface area contributed by atoms with Crippen LogP contribution in [0.5, 0.6) is 0 Å². The van der Waals surface area contributed by atoms with Gasteiger partial charge in [0, 0.05) is 10.0 Å². The van der Waals surface area contributed by atoms with Gasteiger partial charge in [0.25, 0.3) is 0 Å². The third-order valence-corrected chi connectivity index (χ3v) is 5.87. The van der Waals surface area contributed by atoms with Gasteiger partial charge in [0.1, 0.15) is 0 Å². The smallest absolute Gasteiger partial charge is 0.306 e. The van der Waals surface area contributed by atoms with E-state index in [1.54, 1.807) is 36.4 Å². The molecule has 0 spiro atoms. The second kappa shape index (κ2) is 5.53. The molecule has 1 aliphatic heterocycles. The number of halogens is 1. The number of rotatable bonds is 3. The maximum Gasteiger partial charge on any atom is 0.306 e. The van der Waals surface area contributed by atoms with Crippen LogP contribution in [0.2, 0.25) is 0 Å². The van der Waals surface area contributed by atoms with Crippen molar-refractivity contribution in [1.82, 2.24) is 0 Å². The summed E-state index contributed by atoms with van der Waals surface area (Å²) < 4.78 is 37.9. The van der Waals surface area contributed by atoms with Gasteiger partial charge in [-0.3, -0.25) is 0 Å². The van der Waals surface area contributed by atoms with Crippen LogP contribution in [0.3, 0.4) is 0 Å². The molecule has 1 saturated heterocycles. The SMILES string of the molecule is O=S(=O)(c1ccc(Br)cc1)C1(c2ccccc2)OCCO1. The van der Waals surface area contributed by atoms with Crippen molar-refractivity contribution in [2.24, 2.45) is 0 Å². The van der Waals surface area contributed by atoms with Crippen LogP contribution in [0.4, 0.5) is 0 Å². The first kappa shape index (κ1) is 14.7. The molecule has 110 valence electrons. The molecule has 0 atom stereocenters. The summed E-state index contributed by atoms with van der Waals surface area (Å²) in [6.07, 6.45) is 0. The average molecular weight is 369 g/mol. The van der Waals surface area contributed by atoms with Crippen molar-refractivity contribution in [3.63, 3.8) is 0 Å². The molecule has 2 aromatic rings. The van der Waals surface area contributed by atoms with Crippen molar-refractivity contribution in [2.45, 2.75) is 10.0 Å². The van der Waals surface area contributed by atoms with Gasteiger partial charge in [0.15, 0.2) is 0 Å². The van der Waals surface area contributed by atoms with E-state index in [9.17, 15) is 8.42 Å². The number of benzene rings is 2. The Hall–Kier alpha value is -1.21. The van der Waals surface area contributed by atoms with Crippen molar-refractivity contribution in [2.75, 3.05) is 13.2 Å². The third kappa shape index (κ3) is 2.42. The van der Waals surface area contributed by atoms with Crippen molar-refractivity contribution in [1.29, 1.82) is 0 Å². The molecule has 1 aliphatic rings. The zero-order valence-corrected chi connectivity index (χ0v) is 13.4. The summed E-state index contributed by atoms with van der Waals surface area (Å²) in [7, 11) is -3.84. The van der Waals surface area contributed by atoms with Crippen LogP contribution in [0.25, 0.3) is 0 Å². The third-order valence-electron chi connectivity index (χ3n) is 3.27. The molecule has 1 heterocycles. The predicted octanol–water partition coefficient (Wildman–Crippen LogP) is 3.08. The Labute approximate surface area is 131 Å². The summed E-state index contributed by atoms with van der Waals surface area (Å²) in [5, 5.41) is -1.76. The molecule has 0 bridgehead atoms. The second-order valence-corrected chi connectivity index (χ2v) is 7.51. The zero-order chi connectivity index (χ0) is 14.9. The van der Waals surface area contributed by atoms with Crippen LogP contribution in [0, 0.1) is 0 Å². The maximum atomic E-state index is 13.0. The van der Waals surface area contributed by atoms with Gasteiger partial charge < -0.3 is 9.47 Å². The lowest BCUT2D eigenvalue weighted by Crippen LogP contribution is -2.37. The highest BCUT2D eigenvalue weighted by atomic mass is 79.9. The fourth-order valence-corrected chi connectivity index (χ4v) is 4.27.